The molecule has 2 aliphatic rings. The minimum absolute atomic E-state index is 0.0604. The maximum Gasteiger partial charge on any atom is 0.416 e. The zero-order chi connectivity index (χ0) is 24.2. The lowest BCUT2D eigenvalue weighted by Crippen LogP contribution is -2.45. The Morgan fingerprint density at radius 2 is 1.70 bits per heavy atom. The molecule has 0 spiro atoms. The van der Waals surface area contributed by atoms with Gasteiger partial charge in [-0.1, -0.05) is 25.0 Å². The van der Waals surface area contributed by atoms with Crippen LogP contribution < -0.4 is 0 Å². The second kappa shape index (κ2) is 10.8. The molecule has 1 aromatic rings. The van der Waals surface area contributed by atoms with Gasteiger partial charge in [-0.3, -0.25) is 4.90 Å². The second-order valence-electron chi connectivity index (χ2n) is 9.47. The number of alkyl halides is 6. The number of likely N-dealkylation sites (tertiary alicyclic amines) is 1. The van der Waals surface area contributed by atoms with Gasteiger partial charge < -0.3 is 9.90 Å². The topological polar surface area (TPSA) is 40.5 Å². The second-order valence-corrected chi connectivity index (χ2v) is 9.47. The lowest BCUT2D eigenvalue weighted by atomic mass is 9.78. The fraction of sp³-hybridized carbons (Fsp3) is 0.708. The quantitative estimate of drug-likeness (QED) is 0.322. The van der Waals surface area contributed by atoms with Gasteiger partial charge in [-0.25, -0.2) is 0 Å². The molecule has 1 heterocycles. The van der Waals surface area contributed by atoms with E-state index in [9.17, 15) is 36.2 Å². The molecule has 9 heteroatoms. The van der Waals surface area contributed by atoms with E-state index in [4.69, 9.17) is 0 Å². The number of hydrogen-bond acceptors (Lipinski definition) is 3. The minimum Gasteiger partial charge on any atom is -0.396 e. The Bertz CT molecular complexity index is 760. The Balaban J connectivity index is 1.86. The molecule has 186 valence electrons. The predicted octanol–water partition coefficient (Wildman–Crippen LogP) is 6.17. The van der Waals surface area contributed by atoms with Gasteiger partial charge in [0.15, 0.2) is 0 Å². The van der Waals surface area contributed by atoms with Crippen LogP contribution in [0.5, 0.6) is 0 Å². The lowest BCUT2D eigenvalue weighted by Gasteiger charge is -2.45. The smallest absolute Gasteiger partial charge is 0.396 e. The summed E-state index contributed by atoms with van der Waals surface area (Å²) >= 11 is 0. The number of aldehydes is 1. The van der Waals surface area contributed by atoms with E-state index in [1.165, 1.54) is 12.1 Å². The number of halogens is 6. The van der Waals surface area contributed by atoms with Crippen LogP contribution in [-0.4, -0.2) is 41.7 Å². The Morgan fingerprint density at radius 1 is 1.03 bits per heavy atom. The molecule has 2 fully saturated rings. The van der Waals surface area contributed by atoms with Crippen molar-refractivity contribution in [3.05, 3.63) is 35.4 Å². The highest BCUT2D eigenvalue weighted by Gasteiger charge is 2.39. The molecule has 3 nitrogen and oxygen atoms in total. The molecule has 3 unspecified atom stereocenters. The Labute approximate surface area is 190 Å². The molecule has 0 bridgehead atoms. The molecule has 1 aliphatic carbocycles. The van der Waals surface area contributed by atoms with Gasteiger partial charge in [0.25, 0.3) is 0 Å². The average molecular weight is 480 g/mol. The van der Waals surface area contributed by atoms with Crippen molar-refractivity contribution in [3.63, 3.8) is 0 Å². The third-order valence-electron chi connectivity index (χ3n) is 7.13. The molecule has 0 amide bonds. The molecule has 0 radical (unpaired) electrons. The molecular weight excluding hydrogens is 448 g/mol. The van der Waals surface area contributed by atoms with Crippen molar-refractivity contribution >= 4 is 6.29 Å². The fourth-order valence-electron chi connectivity index (χ4n) is 5.00. The molecule has 0 aromatic heterocycles. The third-order valence-corrected chi connectivity index (χ3v) is 7.13. The van der Waals surface area contributed by atoms with Crippen LogP contribution in [0.25, 0.3) is 0 Å². The van der Waals surface area contributed by atoms with Crippen LogP contribution in [0.2, 0.25) is 0 Å². The van der Waals surface area contributed by atoms with Crippen LogP contribution in [0.3, 0.4) is 0 Å². The van der Waals surface area contributed by atoms with E-state index in [2.05, 4.69) is 0 Å². The summed E-state index contributed by atoms with van der Waals surface area (Å²) in [6, 6.07) is 4.02. The van der Waals surface area contributed by atoms with Gasteiger partial charge in [0, 0.05) is 24.4 Å². The summed E-state index contributed by atoms with van der Waals surface area (Å²) in [5.41, 5.74) is -0.188. The SMILES string of the molecule is O=CC(CO)C1CCN([C@H](CCC2CC2)CCC(F)(F)F)C(c2ccc(C(F)(F)F)cc2)C1. The molecule has 33 heavy (non-hydrogen) atoms. The number of piperidine rings is 1. The summed E-state index contributed by atoms with van der Waals surface area (Å²) in [6.45, 7) is 0.112. The zero-order valence-corrected chi connectivity index (χ0v) is 18.4. The summed E-state index contributed by atoms with van der Waals surface area (Å²) in [5.74, 6) is -0.221. The molecule has 1 N–H and O–H groups in total. The number of benzene rings is 1. The highest BCUT2D eigenvalue weighted by Crippen LogP contribution is 2.43. The average Bonchev–Trinajstić information content (AvgIpc) is 3.58. The predicted molar refractivity (Wildman–Crippen MR) is 111 cm³/mol. The summed E-state index contributed by atoms with van der Waals surface area (Å²) in [5, 5.41) is 9.57. The standard InChI is InChI=1S/C24H31F6NO2/c25-23(26,27)11-9-21(8-3-16-1-2-16)31-12-10-18(19(14-32)15-33)13-22(31)17-4-6-20(7-5-17)24(28,29)30/h4-7,14,16,18-19,21-22,33H,1-3,8-13,15H2/t18?,19?,21-,22?/m1/s1. The van der Waals surface area contributed by atoms with E-state index in [-0.39, 0.29) is 25.0 Å². The lowest BCUT2D eigenvalue weighted by molar-refractivity contribution is -0.140. The number of aliphatic hydroxyl groups excluding tert-OH is 1. The van der Waals surface area contributed by atoms with Crippen LogP contribution in [0.4, 0.5) is 26.3 Å². The van der Waals surface area contributed by atoms with Crippen molar-refractivity contribution in [2.24, 2.45) is 17.8 Å². The Hall–Kier alpha value is -1.61. The first-order valence-corrected chi connectivity index (χ1v) is 11.6. The van der Waals surface area contributed by atoms with Crippen molar-refractivity contribution in [1.82, 2.24) is 4.90 Å². The number of rotatable bonds is 10. The van der Waals surface area contributed by atoms with Crippen LogP contribution >= 0.6 is 0 Å². The molecule has 1 saturated heterocycles. The molecule has 1 aliphatic heterocycles. The summed E-state index contributed by atoms with van der Waals surface area (Å²) in [6.07, 6.45) is -4.44. The monoisotopic (exact) mass is 479 g/mol. The van der Waals surface area contributed by atoms with Gasteiger partial charge in [0.05, 0.1) is 12.2 Å². The van der Waals surface area contributed by atoms with E-state index in [0.717, 1.165) is 31.4 Å². The number of nitrogens with zero attached hydrogens (tertiary/aromatic N) is 1. The molecule has 1 saturated carbocycles. The first kappa shape index (κ1) is 26.0. The van der Waals surface area contributed by atoms with Gasteiger partial charge in [0.2, 0.25) is 0 Å². The van der Waals surface area contributed by atoms with Crippen molar-refractivity contribution in [1.29, 1.82) is 0 Å². The van der Waals surface area contributed by atoms with E-state index in [0.29, 0.717) is 43.6 Å². The van der Waals surface area contributed by atoms with Crippen LogP contribution in [0.1, 0.15) is 68.5 Å². The molecule has 4 atom stereocenters. The number of aliphatic hydroxyl groups is 1. The highest BCUT2D eigenvalue weighted by atomic mass is 19.4. The third kappa shape index (κ3) is 7.44. The first-order chi connectivity index (χ1) is 15.5. The fourth-order valence-corrected chi connectivity index (χ4v) is 5.00. The van der Waals surface area contributed by atoms with Crippen molar-refractivity contribution in [2.75, 3.05) is 13.2 Å². The Kier molecular flexibility index (Phi) is 8.48. The van der Waals surface area contributed by atoms with Crippen LogP contribution in [0, 0.1) is 17.8 Å². The van der Waals surface area contributed by atoms with Crippen LogP contribution in [0.15, 0.2) is 24.3 Å². The van der Waals surface area contributed by atoms with Crippen LogP contribution in [-0.2, 0) is 11.0 Å². The highest BCUT2D eigenvalue weighted by molar-refractivity contribution is 5.54. The number of carbonyl (C=O) groups is 1. The van der Waals surface area contributed by atoms with Crippen molar-refractivity contribution in [2.45, 2.75) is 75.8 Å². The van der Waals surface area contributed by atoms with E-state index in [1.54, 1.807) is 0 Å². The molecule has 3 rings (SSSR count). The van der Waals surface area contributed by atoms with Gasteiger partial charge in [-0.05, 0) is 68.2 Å². The van der Waals surface area contributed by atoms with E-state index < -0.39 is 36.3 Å². The van der Waals surface area contributed by atoms with Crippen molar-refractivity contribution in [3.8, 4) is 0 Å². The Morgan fingerprint density at radius 3 is 2.21 bits per heavy atom. The summed E-state index contributed by atoms with van der Waals surface area (Å²) < 4.78 is 78.2. The summed E-state index contributed by atoms with van der Waals surface area (Å²) in [4.78, 5) is 13.4. The van der Waals surface area contributed by atoms with Gasteiger partial charge in [0.1, 0.15) is 6.29 Å². The zero-order valence-electron chi connectivity index (χ0n) is 18.4. The normalized spacial score (nSPS) is 24.5. The number of carbonyl (C=O) groups excluding carboxylic acids is 1. The number of hydrogen-bond donors (Lipinski definition) is 1. The van der Waals surface area contributed by atoms with E-state index >= 15 is 0 Å². The molecule has 1 aromatic carbocycles. The van der Waals surface area contributed by atoms with E-state index in [1.807, 2.05) is 4.90 Å². The molecular formula is C24H31F6NO2. The summed E-state index contributed by atoms with van der Waals surface area (Å²) in [7, 11) is 0. The maximum atomic E-state index is 13.0. The first-order valence-electron chi connectivity index (χ1n) is 11.6. The minimum atomic E-state index is -4.48. The van der Waals surface area contributed by atoms with Gasteiger partial charge in [-0.2, -0.15) is 26.3 Å². The maximum absolute atomic E-state index is 13.0. The van der Waals surface area contributed by atoms with Gasteiger partial charge in [-0.15, -0.1) is 0 Å². The largest absolute Gasteiger partial charge is 0.416 e. The van der Waals surface area contributed by atoms with Crippen molar-refractivity contribution < 1.29 is 36.2 Å². The van der Waals surface area contributed by atoms with Gasteiger partial charge >= 0.3 is 12.4 Å².